The molecule has 1 aliphatic rings. The van der Waals surface area contributed by atoms with Gasteiger partial charge in [0.25, 0.3) is 6.04 Å². The van der Waals surface area contributed by atoms with Crippen LogP contribution in [0.25, 0.3) is 0 Å². The van der Waals surface area contributed by atoms with Crippen molar-refractivity contribution in [3.63, 3.8) is 0 Å². The first kappa shape index (κ1) is 10.5. The average molecular weight is 272 g/mol. The van der Waals surface area contributed by atoms with Gasteiger partial charge in [-0.25, -0.2) is 9.82 Å². The Morgan fingerprint density at radius 3 is 3.13 bits per heavy atom. The Morgan fingerprint density at radius 1 is 1.60 bits per heavy atom. The smallest absolute Gasteiger partial charge is 0.249 e. The molecule has 1 unspecified atom stereocenters. The van der Waals surface area contributed by atoms with Gasteiger partial charge in [0.1, 0.15) is 4.60 Å². The van der Waals surface area contributed by atoms with Crippen molar-refractivity contribution >= 4 is 15.9 Å². The summed E-state index contributed by atoms with van der Waals surface area (Å²) in [6.07, 6.45) is 4.32. The number of halogens is 1. The Kier molecular flexibility index (Phi) is 3.30. The van der Waals surface area contributed by atoms with Crippen LogP contribution in [0, 0.1) is 4.91 Å². The molecule has 1 aromatic heterocycles. The molecule has 1 saturated heterocycles. The molecule has 0 radical (unpaired) electrons. The SMILES string of the molecule is O=[N+]1OCCCC1Cc1ccc(Br)nc1. The molecule has 0 aliphatic carbocycles. The maximum absolute atomic E-state index is 11.3. The van der Waals surface area contributed by atoms with Crippen molar-refractivity contribution in [2.24, 2.45) is 0 Å². The summed E-state index contributed by atoms with van der Waals surface area (Å²) in [5, 5.41) is 0. The fraction of sp³-hybridized carbons (Fsp3) is 0.500. The van der Waals surface area contributed by atoms with E-state index in [0.717, 1.165) is 27.9 Å². The molecule has 1 atom stereocenters. The number of aromatic nitrogens is 1. The molecule has 0 bridgehead atoms. The molecule has 0 aromatic carbocycles. The molecule has 15 heavy (non-hydrogen) atoms. The van der Waals surface area contributed by atoms with Crippen molar-refractivity contribution in [3.8, 4) is 0 Å². The zero-order valence-corrected chi connectivity index (χ0v) is 9.81. The predicted octanol–water partition coefficient (Wildman–Crippen LogP) is 2.26. The van der Waals surface area contributed by atoms with Crippen LogP contribution in [-0.4, -0.2) is 22.6 Å². The molecule has 1 aliphatic heterocycles. The predicted molar refractivity (Wildman–Crippen MR) is 58.2 cm³/mol. The van der Waals surface area contributed by atoms with Gasteiger partial charge in [0, 0.05) is 19.0 Å². The Morgan fingerprint density at radius 2 is 2.47 bits per heavy atom. The fourth-order valence-electron chi connectivity index (χ4n) is 1.66. The van der Waals surface area contributed by atoms with Crippen LogP contribution in [0.3, 0.4) is 0 Å². The molecule has 0 amide bonds. The van der Waals surface area contributed by atoms with Crippen LogP contribution in [0.2, 0.25) is 0 Å². The van der Waals surface area contributed by atoms with Gasteiger partial charge in [-0.15, -0.1) is 0 Å². The van der Waals surface area contributed by atoms with Crippen LogP contribution >= 0.6 is 15.9 Å². The summed E-state index contributed by atoms with van der Waals surface area (Å²) in [4.78, 5) is 21.1. The van der Waals surface area contributed by atoms with Crippen molar-refractivity contribution in [3.05, 3.63) is 33.4 Å². The highest BCUT2D eigenvalue weighted by atomic mass is 79.9. The van der Waals surface area contributed by atoms with Gasteiger partial charge in [-0.05, 0) is 34.0 Å². The second-order valence-corrected chi connectivity index (χ2v) is 4.42. The lowest BCUT2D eigenvalue weighted by Crippen LogP contribution is -2.31. The van der Waals surface area contributed by atoms with Gasteiger partial charge in [0.05, 0.1) is 4.91 Å². The van der Waals surface area contributed by atoms with Gasteiger partial charge >= 0.3 is 0 Å². The first-order valence-corrected chi connectivity index (χ1v) is 5.75. The third-order valence-electron chi connectivity index (χ3n) is 2.46. The second kappa shape index (κ2) is 4.70. The lowest BCUT2D eigenvalue weighted by molar-refractivity contribution is -0.835. The van der Waals surface area contributed by atoms with Crippen LogP contribution in [0.1, 0.15) is 18.4 Å². The third-order valence-corrected chi connectivity index (χ3v) is 2.93. The molecule has 80 valence electrons. The Balaban J connectivity index is 2.01. The van der Waals surface area contributed by atoms with Crippen molar-refractivity contribution < 1.29 is 9.76 Å². The highest BCUT2D eigenvalue weighted by molar-refractivity contribution is 9.10. The Bertz CT molecular complexity index is 353. The monoisotopic (exact) mass is 271 g/mol. The van der Waals surface area contributed by atoms with E-state index in [2.05, 4.69) is 20.9 Å². The third kappa shape index (κ3) is 2.75. The van der Waals surface area contributed by atoms with Gasteiger partial charge in [-0.1, -0.05) is 6.07 Å². The standard InChI is InChI=1S/C10H12BrN2O2/c11-10-4-3-8(7-12-10)6-9-2-1-5-15-13(9)14/h3-4,7,9H,1-2,5-6H2/q+1. The summed E-state index contributed by atoms with van der Waals surface area (Å²) in [7, 11) is 0. The first-order valence-electron chi connectivity index (χ1n) is 4.95. The van der Waals surface area contributed by atoms with Gasteiger partial charge < -0.3 is 0 Å². The molecule has 4 nitrogen and oxygen atoms in total. The normalized spacial score (nSPS) is 21.1. The summed E-state index contributed by atoms with van der Waals surface area (Å²) < 4.78 is 0.810. The van der Waals surface area contributed by atoms with E-state index < -0.39 is 0 Å². The van der Waals surface area contributed by atoms with Gasteiger partial charge in [-0.2, -0.15) is 0 Å². The van der Waals surface area contributed by atoms with Gasteiger partial charge in [0.15, 0.2) is 6.61 Å². The Hall–Kier alpha value is -0.970. The highest BCUT2D eigenvalue weighted by Gasteiger charge is 2.32. The number of pyridine rings is 1. The van der Waals surface area contributed by atoms with Crippen LogP contribution in [-0.2, 0) is 11.3 Å². The summed E-state index contributed by atoms with van der Waals surface area (Å²) in [5.74, 6) is 0. The summed E-state index contributed by atoms with van der Waals surface area (Å²) in [6, 6.07) is 3.79. The molecule has 2 heterocycles. The van der Waals surface area contributed by atoms with Crippen molar-refractivity contribution in [2.75, 3.05) is 6.61 Å². The quantitative estimate of drug-likeness (QED) is 0.775. The number of rotatable bonds is 2. The van der Waals surface area contributed by atoms with E-state index in [1.807, 2.05) is 12.1 Å². The summed E-state index contributed by atoms with van der Waals surface area (Å²) >= 11 is 3.27. The lowest BCUT2D eigenvalue weighted by atomic mass is 10.0. The average Bonchev–Trinajstić information content (AvgIpc) is 2.25. The maximum atomic E-state index is 11.3. The molecule has 1 fully saturated rings. The topological polar surface area (TPSA) is 42.2 Å². The molecular formula is C10H12BrN2O2+. The first-order chi connectivity index (χ1) is 7.25. The molecule has 2 rings (SSSR count). The highest BCUT2D eigenvalue weighted by Crippen LogP contribution is 2.15. The van der Waals surface area contributed by atoms with E-state index in [9.17, 15) is 4.91 Å². The van der Waals surface area contributed by atoms with Crippen LogP contribution in [0.4, 0.5) is 0 Å². The van der Waals surface area contributed by atoms with E-state index in [1.165, 1.54) is 0 Å². The molecule has 0 saturated carbocycles. The maximum Gasteiger partial charge on any atom is 0.261 e. The second-order valence-electron chi connectivity index (χ2n) is 3.61. The summed E-state index contributed by atoms with van der Waals surface area (Å²) in [5.41, 5.74) is 1.06. The molecule has 1 aromatic rings. The van der Waals surface area contributed by atoms with Crippen molar-refractivity contribution in [1.82, 2.24) is 4.98 Å². The largest absolute Gasteiger partial charge is 0.261 e. The van der Waals surface area contributed by atoms with Gasteiger partial charge in [0.2, 0.25) is 4.92 Å². The van der Waals surface area contributed by atoms with Crippen LogP contribution in [0.5, 0.6) is 0 Å². The summed E-state index contributed by atoms with van der Waals surface area (Å²) in [6.45, 7) is 0.540. The number of nitrogens with zero attached hydrogens (tertiary/aromatic N) is 2. The van der Waals surface area contributed by atoms with E-state index in [0.29, 0.717) is 13.0 Å². The lowest BCUT2D eigenvalue weighted by Gasteiger charge is -2.11. The molecule has 0 N–H and O–H groups in total. The Labute approximate surface area is 96.3 Å². The van der Waals surface area contributed by atoms with Crippen LogP contribution < -0.4 is 0 Å². The zero-order valence-electron chi connectivity index (χ0n) is 8.23. The van der Waals surface area contributed by atoms with E-state index in [4.69, 9.17) is 4.84 Å². The van der Waals surface area contributed by atoms with Crippen LogP contribution in [0.15, 0.2) is 22.9 Å². The molecule has 5 heteroatoms. The number of hydrogen-bond donors (Lipinski definition) is 0. The minimum absolute atomic E-state index is 0.0678. The van der Waals surface area contributed by atoms with Crippen molar-refractivity contribution in [2.45, 2.75) is 25.3 Å². The molecule has 0 spiro atoms. The fourth-order valence-corrected chi connectivity index (χ4v) is 1.89. The van der Waals surface area contributed by atoms with E-state index >= 15 is 0 Å². The number of hydrogen-bond acceptors (Lipinski definition) is 3. The van der Waals surface area contributed by atoms with Gasteiger partial charge in [-0.3, -0.25) is 0 Å². The minimum Gasteiger partial charge on any atom is -0.249 e. The van der Waals surface area contributed by atoms with Crippen molar-refractivity contribution in [1.29, 1.82) is 0 Å². The minimum atomic E-state index is -0.0678. The van der Waals surface area contributed by atoms with E-state index in [-0.39, 0.29) is 6.04 Å². The molecular weight excluding hydrogens is 260 g/mol. The van der Waals surface area contributed by atoms with E-state index in [1.54, 1.807) is 6.20 Å². The zero-order chi connectivity index (χ0) is 10.7.